The first-order chi connectivity index (χ1) is 16.2. The van der Waals surface area contributed by atoms with Crippen LogP contribution >= 0.6 is 0 Å². The van der Waals surface area contributed by atoms with E-state index in [-0.39, 0.29) is 54.6 Å². The molecule has 9 heteroatoms. The van der Waals surface area contributed by atoms with Crippen LogP contribution in [0, 0.1) is 11.8 Å². The van der Waals surface area contributed by atoms with Crippen molar-refractivity contribution < 1.29 is 61.6 Å². The smallest absolute Gasteiger partial charge is 0.747 e. The number of hydrogen-bond acceptors (Lipinski definition) is 7. The number of esters is 2. The van der Waals surface area contributed by atoms with Crippen molar-refractivity contribution in [1.82, 2.24) is 0 Å². The largest absolute Gasteiger partial charge is 1.00 e. The summed E-state index contributed by atoms with van der Waals surface area (Å²) < 4.78 is 44.6. The van der Waals surface area contributed by atoms with Crippen molar-refractivity contribution in [2.24, 2.45) is 11.8 Å². The monoisotopic (exact) mass is 528 g/mol. The van der Waals surface area contributed by atoms with Gasteiger partial charge in [0.1, 0.15) is 10.1 Å². The molecule has 1 aliphatic carbocycles. The van der Waals surface area contributed by atoms with E-state index in [1.165, 1.54) is 38.5 Å². The number of unbranched alkanes of at least 4 members (excludes halogenated alkanes) is 2. The summed E-state index contributed by atoms with van der Waals surface area (Å²) >= 11 is 0. The molecule has 1 fully saturated rings. The van der Waals surface area contributed by atoms with E-state index in [1.54, 1.807) is 0 Å². The summed E-state index contributed by atoms with van der Waals surface area (Å²) in [6.45, 7) is 8.26. The Balaban J connectivity index is 0. The molecule has 1 aliphatic rings. The van der Waals surface area contributed by atoms with E-state index in [2.05, 4.69) is 13.8 Å². The normalized spacial score (nSPS) is 16.0. The Kier molecular flexibility index (Phi) is 24.3. The summed E-state index contributed by atoms with van der Waals surface area (Å²) in [7, 11) is -5.01. The van der Waals surface area contributed by atoms with Gasteiger partial charge in [0, 0.05) is 0 Å². The van der Waals surface area contributed by atoms with Crippen molar-refractivity contribution in [1.29, 1.82) is 0 Å². The van der Waals surface area contributed by atoms with Crippen molar-refractivity contribution in [3.05, 3.63) is 0 Å². The first-order valence-electron chi connectivity index (χ1n) is 13.5. The third-order valence-corrected chi connectivity index (χ3v) is 7.55. The average molecular weight is 529 g/mol. The van der Waals surface area contributed by atoms with Gasteiger partial charge in [-0.25, -0.2) is 8.42 Å². The molecule has 0 bridgehead atoms. The molecule has 7 nitrogen and oxygen atoms in total. The van der Waals surface area contributed by atoms with E-state index < -0.39 is 33.7 Å². The number of hydrogen-bond donors (Lipinski definition) is 0. The molecule has 0 amide bonds. The Hall–Kier alpha value is -0.150. The Bertz CT molecular complexity index is 624. The van der Waals surface area contributed by atoms with Crippen LogP contribution in [0.1, 0.15) is 124 Å². The Labute approximate surface area is 236 Å². The van der Waals surface area contributed by atoms with E-state index in [1.807, 2.05) is 13.8 Å². The zero-order valence-electron chi connectivity index (χ0n) is 23.0. The number of carbonyl (C=O) groups is 2. The van der Waals surface area contributed by atoms with Gasteiger partial charge in [-0.2, -0.15) is 0 Å². The van der Waals surface area contributed by atoms with E-state index in [0.29, 0.717) is 0 Å². The van der Waals surface area contributed by atoms with E-state index >= 15 is 0 Å². The maximum Gasteiger partial charge on any atom is 1.00 e. The molecule has 0 radical (unpaired) electrons. The van der Waals surface area contributed by atoms with E-state index in [4.69, 9.17) is 9.47 Å². The third kappa shape index (κ3) is 19.6. The van der Waals surface area contributed by atoms with Crippen molar-refractivity contribution in [2.75, 3.05) is 13.2 Å². The van der Waals surface area contributed by atoms with Crippen LogP contribution < -0.4 is 29.6 Å². The van der Waals surface area contributed by atoms with Gasteiger partial charge in [-0.05, 0) is 24.7 Å². The molecule has 0 aliphatic heterocycles. The van der Waals surface area contributed by atoms with Crippen LogP contribution in [0.4, 0.5) is 0 Å². The molecular formula is C26H49NaO7S. The van der Waals surface area contributed by atoms with Gasteiger partial charge in [-0.3, -0.25) is 9.59 Å². The Morgan fingerprint density at radius 2 is 1.17 bits per heavy atom. The second-order valence-electron chi connectivity index (χ2n) is 9.45. The summed E-state index contributed by atoms with van der Waals surface area (Å²) in [5.74, 6) is -1.74. The molecule has 0 spiro atoms. The summed E-state index contributed by atoms with van der Waals surface area (Å²) in [6.07, 6.45) is 15.6. The second kappa shape index (κ2) is 23.0. The zero-order chi connectivity index (χ0) is 25.8. The molecule has 0 N–H and O–H groups in total. The van der Waals surface area contributed by atoms with Gasteiger partial charge >= 0.3 is 41.5 Å². The molecular weight excluding hydrogens is 479 g/mol. The summed E-state index contributed by atoms with van der Waals surface area (Å²) in [5, 5.41) is -2.06. The minimum absolute atomic E-state index is 0. The summed E-state index contributed by atoms with van der Waals surface area (Å²) in [5.41, 5.74) is 0. The van der Waals surface area contributed by atoms with Crippen molar-refractivity contribution in [2.45, 2.75) is 129 Å². The molecule has 0 saturated heterocycles. The minimum Gasteiger partial charge on any atom is -0.747 e. The average Bonchev–Trinajstić information content (AvgIpc) is 2.83. The summed E-state index contributed by atoms with van der Waals surface area (Å²) in [4.78, 5) is 24.1. The fourth-order valence-corrected chi connectivity index (χ4v) is 4.52. The molecule has 3 atom stereocenters. The SMILES string of the molecule is C1CCCCC1.CCCCC(CC)COC(=O)CC(C(=O)OCC(CC)CCCC)S(=O)(=O)[O-].[Na+]. The van der Waals surface area contributed by atoms with Crippen LogP contribution in [0.3, 0.4) is 0 Å². The number of ether oxygens (including phenoxy) is 2. The van der Waals surface area contributed by atoms with Crippen LogP contribution in [-0.4, -0.2) is 43.4 Å². The van der Waals surface area contributed by atoms with Gasteiger partial charge in [0.25, 0.3) is 0 Å². The fourth-order valence-electron chi connectivity index (χ4n) is 3.87. The zero-order valence-corrected chi connectivity index (χ0v) is 25.8. The molecule has 1 saturated carbocycles. The quantitative estimate of drug-likeness (QED) is 0.172. The molecule has 202 valence electrons. The van der Waals surface area contributed by atoms with Crippen LogP contribution in [0.25, 0.3) is 0 Å². The molecule has 0 aromatic heterocycles. The molecule has 3 unspecified atom stereocenters. The second-order valence-corrected chi connectivity index (χ2v) is 11.0. The minimum atomic E-state index is -5.01. The predicted octanol–water partition coefficient (Wildman–Crippen LogP) is 3.15. The Morgan fingerprint density at radius 3 is 1.51 bits per heavy atom. The molecule has 1 rings (SSSR count). The van der Waals surface area contributed by atoms with Gasteiger partial charge in [0.05, 0.1) is 19.6 Å². The van der Waals surface area contributed by atoms with Gasteiger partial charge in [0.15, 0.2) is 5.25 Å². The van der Waals surface area contributed by atoms with Crippen LogP contribution in [-0.2, 0) is 29.2 Å². The van der Waals surface area contributed by atoms with Gasteiger partial charge in [-0.1, -0.05) is 105 Å². The standard InChI is InChI=1S/C20H38O7S.C6H12.Na/c1-5-9-11-16(7-3)14-26-19(21)13-18(28(23,24)25)20(22)27-15-17(8-4)12-10-6-2;1-2-4-6-5-3-1;/h16-18H,5-15H2,1-4H3,(H,23,24,25);1-6H2;/q;;+1/p-1. The van der Waals surface area contributed by atoms with Gasteiger partial charge < -0.3 is 14.0 Å². The Morgan fingerprint density at radius 1 is 0.771 bits per heavy atom. The van der Waals surface area contributed by atoms with Crippen molar-refractivity contribution in [3.8, 4) is 0 Å². The summed E-state index contributed by atoms with van der Waals surface area (Å²) in [6, 6.07) is 0. The fraction of sp³-hybridized carbons (Fsp3) is 0.923. The molecule has 35 heavy (non-hydrogen) atoms. The first kappa shape index (κ1) is 37.0. The van der Waals surface area contributed by atoms with Crippen molar-refractivity contribution >= 4 is 22.1 Å². The third-order valence-electron chi connectivity index (χ3n) is 6.49. The van der Waals surface area contributed by atoms with Gasteiger partial charge in [-0.15, -0.1) is 0 Å². The van der Waals surface area contributed by atoms with Crippen LogP contribution in [0.2, 0.25) is 0 Å². The topological polar surface area (TPSA) is 110 Å². The van der Waals surface area contributed by atoms with Crippen LogP contribution in [0.15, 0.2) is 0 Å². The molecule has 0 heterocycles. The number of rotatable bonds is 16. The van der Waals surface area contributed by atoms with Crippen molar-refractivity contribution in [3.63, 3.8) is 0 Å². The molecule has 0 aromatic carbocycles. The molecule has 0 aromatic rings. The maximum absolute atomic E-state index is 12.1. The number of carbonyl (C=O) groups excluding carboxylic acids is 2. The predicted molar refractivity (Wildman–Crippen MR) is 134 cm³/mol. The van der Waals surface area contributed by atoms with E-state index in [0.717, 1.165) is 51.4 Å². The first-order valence-corrected chi connectivity index (χ1v) is 14.9. The van der Waals surface area contributed by atoms with Crippen LogP contribution in [0.5, 0.6) is 0 Å². The maximum atomic E-state index is 12.1. The van der Waals surface area contributed by atoms with E-state index in [9.17, 15) is 22.6 Å². The van der Waals surface area contributed by atoms with Gasteiger partial charge in [0.2, 0.25) is 0 Å².